The first-order valence-electron chi connectivity index (χ1n) is 7.06. The van der Waals surface area contributed by atoms with E-state index in [1.165, 1.54) is 19.3 Å². The zero-order valence-electron chi connectivity index (χ0n) is 11.4. The fourth-order valence-corrected chi connectivity index (χ4v) is 2.06. The minimum Gasteiger partial charge on any atom is -0.324 e. The number of nitrogens with two attached hydrogens (primary N) is 1. The van der Waals surface area contributed by atoms with Crippen molar-refractivity contribution in [1.29, 1.82) is 0 Å². The summed E-state index contributed by atoms with van der Waals surface area (Å²) in [6.45, 7) is 2.18. The number of ketones is 1. The number of unbranched alkanes of at least 4 members (excludes halogenated alkanes) is 3. The molecule has 0 saturated carbocycles. The molecule has 0 bridgehead atoms. The van der Waals surface area contributed by atoms with Crippen molar-refractivity contribution in [3.63, 3.8) is 0 Å². The maximum atomic E-state index is 11.7. The number of rotatable bonds is 9. The summed E-state index contributed by atoms with van der Waals surface area (Å²) >= 11 is 0. The molecule has 1 aromatic rings. The van der Waals surface area contributed by atoms with Crippen LogP contribution in [0.15, 0.2) is 30.3 Å². The number of hydrogen-bond acceptors (Lipinski definition) is 2. The molecule has 2 heteroatoms. The first-order valence-corrected chi connectivity index (χ1v) is 7.06. The van der Waals surface area contributed by atoms with E-state index in [0.717, 1.165) is 24.8 Å². The van der Waals surface area contributed by atoms with Gasteiger partial charge in [-0.25, -0.2) is 0 Å². The van der Waals surface area contributed by atoms with E-state index >= 15 is 0 Å². The molecule has 0 fully saturated rings. The third-order valence-corrected chi connectivity index (χ3v) is 3.27. The van der Waals surface area contributed by atoms with Gasteiger partial charge in [-0.1, -0.05) is 56.5 Å². The Hall–Kier alpha value is -1.15. The van der Waals surface area contributed by atoms with Crippen molar-refractivity contribution in [3.05, 3.63) is 35.9 Å². The molecular weight excluding hydrogens is 222 g/mol. The smallest absolute Gasteiger partial charge is 0.132 e. The molecule has 0 aliphatic rings. The van der Waals surface area contributed by atoms with Crippen molar-refractivity contribution in [2.45, 2.75) is 57.9 Å². The first kappa shape index (κ1) is 14.9. The van der Waals surface area contributed by atoms with Gasteiger partial charge in [0.1, 0.15) is 5.78 Å². The molecule has 2 N–H and O–H groups in total. The van der Waals surface area contributed by atoms with Crippen molar-refractivity contribution < 1.29 is 4.79 Å². The standard InChI is InChI=1S/C16H25NO/c1-2-3-4-8-11-15(18)12-13-16(17)14-9-6-5-7-10-14/h5-7,9-10,16H,2-4,8,11-13,17H2,1H3. The fourth-order valence-electron chi connectivity index (χ4n) is 2.06. The minimum absolute atomic E-state index is 0.00853. The van der Waals surface area contributed by atoms with Gasteiger partial charge in [-0.2, -0.15) is 0 Å². The summed E-state index contributed by atoms with van der Waals surface area (Å²) in [4.78, 5) is 11.7. The van der Waals surface area contributed by atoms with Gasteiger partial charge in [0.25, 0.3) is 0 Å². The lowest BCUT2D eigenvalue weighted by molar-refractivity contribution is -0.119. The highest BCUT2D eigenvalue weighted by atomic mass is 16.1. The predicted octanol–water partition coefficient (Wildman–Crippen LogP) is 4.01. The molecule has 0 heterocycles. The summed E-state index contributed by atoms with van der Waals surface area (Å²) < 4.78 is 0. The zero-order valence-corrected chi connectivity index (χ0v) is 11.4. The van der Waals surface area contributed by atoms with E-state index in [1.54, 1.807) is 0 Å². The lowest BCUT2D eigenvalue weighted by atomic mass is 9.99. The normalized spacial score (nSPS) is 12.3. The van der Waals surface area contributed by atoms with Crippen molar-refractivity contribution in [2.24, 2.45) is 5.73 Å². The molecule has 1 unspecified atom stereocenters. The van der Waals surface area contributed by atoms with Crippen LogP contribution in [0.4, 0.5) is 0 Å². The van der Waals surface area contributed by atoms with Gasteiger partial charge in [0.15, 0.2) is 0 Å². The van der Waals surface area contributed by atoms with Gasteiger partial charge in [-0.15, -0.1) is 0 Å². The number of carbonyl (C=O) groups is 1. The Labute approximate surface area is 111 Å². The van der Waals surface area contributed by atoms with Gasteiger partial charge in [0.2, 0.25) is 0 Å². The van der Waals surface area contributed by atoms with Gasteiger partial charge in [-0.3, -0.25) is 4.79 Å². The summed E-state index contributed by atoms with van der Waals surface area (Å²) in [5.74, 6) is 0.359. The number of hydrogen-bond donors (Lipinski definition) is 1. The Bertz CT molecular complexity index is 334. The van der Waals surface area contributed by atoms with Crippen LogP contribution in [0.1, 0.15) is 63.5 Å². The summed E-state index contributed by atoms with van der Waals surface area (Å²) in [5, 5.41) is 0. The second-order valence-corrected chi connectivity index (χ2v) is 4.91. The van der Waals surface area contributed by atoms with Crippen LogP contribution in [0.5, 0.6) is 0 Å². The molecule has 0 aliphatic carbocycles. The van der Waals surface area contributed by atoms with Crippen LogP contribution in [0.25, 0.3) is 0 Å². The van der Waals surface area contributed by atoms with Crippen LogP contribution in [0.3, 0.4) is 0 Å². The van der Waals surface area contributed by atoms with Crippen LogP contribution in [-0.4, -0.2) is 5.78 Å². The van der Waals surface area contributed by atoms with Crippen molar-refractivity contribution in [1.82, 2.24) is 0 Å². The average Bonchev–Trinajstić information content (AvgIpc) is 2.42. The largest absolute Gasteiger partial charge is 0.324 e. The monoisotopic (exact) mass is 247 g/mol. The minimum atomic E-state index is -0.00853. The molecule has 18 heavy (non-hydrogen) atoms. The van der Waals surface area contributed by atoms with Crippen LogP contribution in [0, 0.1) is 0 Å². The van der Waals surface area contributed by atoms with E-state index in [2.05, 4.69) is 6.92 Å². The summed E-state index contributed by atoms with van der Waals surface area (Å²) in [7, 11) is 0. The number of Topliss-reactive ketones (excluding diaryl/α,β-unsaturated/α-hetero) is 1. The second-order valence-electron chi connectivity index (χ2n) is 4.91. The molecule has 0 aliphatic heterocycles. The third-order valence-electron chi connectivity index (χ3n) is 3.27. The lowest BCUT2D eigenvalue weighted by Gasteiger charge is -2.11. The quantitative estimate of drug-likeness (QED) is 0.670. The maximum absolute atomic E-state index is 11.7. The Balaban J connectivity index is 2.18. The lowest BCUT2D eigenvalue weighted by Crippen LogP contribution is -2.12. The Morgan fingerprint density at radius 2 is 1.83 bits per heavy atom. The van der Waals surface area contributed by atoms with Gasteiger partial charge < -0.3 is 5.73 Å². The number of benzene rings is 1. The fraction of sp³-hybridized carbons (Fsp3) is 0.562. The molecule has 0 radical (unpaired) electrons. The van der Waals surface area contributed by atoms with Gasteiger partial charge >= 0.3 is 0 Å². The first-order chi connectivity index (χ1) is 8.74. The molecule has 2 nitrogen and oxygen atoms in total. The highest BCUT2D eigenvalue weighted by Gasteiger charge is 2.08. The number of carbonyl (C=O) groups excluding carboxylic acids is 1. The van der Waals surface area contributed by atoms with E-state index in [0.29, 0.717) is 12.2 Å². The predicted molar refractivity (Wildman–Crippen MR) is 76.4 cm³/mol. The highest BCUT2D eigenvalue weighted by molar-refractivity contribution is 5.78. The van der Waals surface area contributed by atoms with E-state index < -0.39 is 0 Å². The third kappa shape index (κ3) is 5.97. The Morgan fingerprint density at radius 3 is 2.50 bits per heavy atom. The molecule has 1 atom stereocenters. The van der Waals surface area contributed by atoms with E-state index in [9.17, 15) is 4.79 Å². The summed E-state index contributed by atoms with van der Waals surface area (Å²) in [5.41, 5.74) is 7.19. The molecule has 100 valence electrons. The van der Waals surface area contributed by atoms with Crippen molar-refractivity contribution >= 4 is 5.78 Å². The molecule has 0 aromatic heterocycles. The molecule has 0 saturated heterocycles. The molecule has 1 rings (SSSR count). The van der Waals surface area contributed by atoms with E-state index in [1.807, 2.05) is 30.3 Å². The van der Waals surface area contributed by atoms with Gasteiger partial charge in [-0.05, 0) is 18.4 Å². The Morgan fingerprint density at radius 1 is 1.11 bits per heavy atom. The van der Waals surface area contributed by atoms with E-state index in [-0.39, 0.29) is 6.04 Å². The van der Waals surface area contributed by atoms with Gasteiger partial charge in [0, 0.05) is 18.9 Å². The second kappa shape index (κ2) is 8.87. The van der Waals surface area contributed by atoms with Crippen LogP contribution < -0.4 is 5.73 Å². The summed E-state index contributed by atoms with van der Waals surface area (Å²) in [6.07, 6.45) is 6.75. The van der Waals surface area contributed by atoms with Crippen LogP contribution in [-0.2, 0) is 4.79 Å². The van der Waals surface area contributed by atoms with Crippen molar-refractivity contribution in [2.75, 3.05) is 0 Å². The molecule has 1 aromatic carbocycles. The van der Waals surface area contributed by atoms with Crippen LogP contribution >= 0.6 is 0 Å². The van der Waals surface area contributed by atoms with Gasteiger partial charge in [0.05, 0.1) is 0 Å². The SMILES string of the molecule is CCCCCCC(=O)CCC(N)c1ccccc1. The molecular formula is C16H25NO. The van der Waals surface area contributed by atoms with Crippen LogP contribution in [0.2, 0.25) is 0 Å². The van der Waals surface area contributed by atoms with Crippen molar-refractivity contribution in [3.8, 4) is 0 Å². The molecule has 0 amide bonds. The topological polar surface area (TPSA) is 43.1 Å². The Kier molecular flexibility index (Phi) is 7.35. The highest BCUT2D eigenvalue weighted by Crippen LogP contribution is 2.16. The average molecular weight is 247 g/mol. The maximum Gasteiger partial charge on any atom is 0.132 e. The molecule has 0 spiro atoms. The summed E-state index contributed by atoms with van der Waals surface area (Å²) in [6, 6.07) is 10.00. The van der Waals surface area contributed by atoms with E-state index in [4.69, 9.17) is 5.73 Å². The zero-order chi connectivity index (χ0) is 13.2.